The summed E-state index contributed by atoms with van der Waals surface area (Å²) in [4.78, 5) is 11.7. The van der Waals surface area contributed by atoms with Gasteiger partial charge in [-0.25, -0.2) is 0 Å². The van der Waals surface area contributed by atoms with Crippen molar-refractivity contribution in [2.24, 2.45) is 5.92 Å². The Bertz CT molecular complexity index is 181. The minimum atomic E-state index is -0.117. The van der Waals surface area contributed by atoms with Crippen LogP contribution in [0.25, 0.3) is 0 Å². The van der Waals surface area contributed by atoms with E-state index in [1.807, 2.05) is 6.92 Å². The summed E-state index contributed by atoms with van der Waals surface area (Å²) in [5, 5.41) is 3.29. The lowest BCUT2D eigenvalue weighted by atomic mass is 10.1. The van der Waals surface area contributed by atoms with Crippen LogP contribution in [-0.2, 0) is 9.53 Å². The maximum absolute atomic E-state index is 11.7. The molecule has 0 aliphatic rings. The molecule has 0 aromatic rings. The Morgan fingerprint density at radius 2 is 1.94 bits per heavy atom. The van der Waals surface area contributed by atoms with Gasteiger partial charge in [0.15, 0.2) is 0 Å². The molecule has 96 valence electrons. The molecule has 0 rings (SSSR count). The van der Waals surface area contributed by atoms with Crippen LogP contribution in [0.15, 0.2) is 0 Å². The van der Waals surface area contributed by atoms with Gasteiger partial charge < -0.3 is 10.1 Å². The van der Waals surface area contributed by atoms with E-state index in [0.29, 0.717) is 12.5 Å². The monoisotopic (exact) mass is 229 g/mol. The lowest BCUT2D eigenvalue weighted by molar-refractivity contribution is -0.145. The second kappa shape index (κ2) is 9.64. The van der Waals surface area contributed by atoms with Crippen molar-refractivity contribution in [3.05, 3.63) is 0 Å². The molecule has 0 saturated carbocycles. The van der Waals surface area contributed by atoms with Gasteiger partial charge in [0.25, 0.3) is 0 Å². The van der Waals surface area contributed by atoms with Crippen molar-refractivity contribution in [1.29, 1.82) is 0 Å². The zero-order valence-corrected chi connectivity index (χ0v) is 11.2. The zero-order valence-electron chi connectivity index (χ0n) is 11.2. The lowest BCUT2D eigenvalue weighted by Crippen LogP contribution is -2.39. The number of hydrogen-bond donors (Lipinski definition) is 1. The molecular formula is C13H27NO2. The van der Waals surface area contributed by atoms with Crippen LogP contribution < -0.4 is 5.32 Å². The molecule has 0 spiro atoms. The van der Waals surface area contributed by atoms with Gasteiger partial charge in [0, 0.05) is 0 Å². The van der Waals surface area contributed by atoms with E-state index in [2.05, 4.69) is 26.1 Å². The van der Waals surface area contributed by atoms with Crippen LogP contribution in [-0.4, -0.2) is 25.2 Å². The maximum atomic E-state index is 11.7. The molecule has 1 N–H and O–H groups in total. The van der Waals surface area contributed by atoms with Crippen molar-refractivity contribution in [3.63, 3.8) is 0 Å². The van der Waals surface area contributed by atoms with E-state index in [1.54, 1.807) is 0 Å². The van der Waals surface area contributed by atoms with Gasteiger partial charge in [0.1, 0.15) is 6.04 Å². The second-order valence-electron chi connectivity index (χ2n) is 4.60. The predicted octanol–water partition coefficient (Wildman–Crippen LogP) is 2.74. The normalized spacial score (nSPS) is 12.8. The SMILES string of the molecule is CCCCCC(NCC(C)C)C(=O)OCC. The van der Waals surface area contributed by atoms with Crippen LogP contribution in [0.2, 0.25) is 0 Å². The maximum Gasteiger partial charge on any atom is 0.323 e. The number of ether oxygens (including phenoxy) is 1. The molecule has 1 atom stereocenters. The first-order valence-electron chi connectivity index (χ1n) is 6.51. The van der Waals surface area contributed by atoms with Crippen LogP contribution in [0.3, 0.4) is 0 Å². The summed E-state index contributed by atoms with van der Waals surface area (Å²) in [6, 6.07) is -0.117. The Morgan fingerprint density at radius 3 is 2.44 bits per heavy atom. The fourth-order valence-corrected chi connectivity index (χ4v) is 1.52. The average Bonchev–Trinajstić information content (AvgIpc) is 2.23. The van der Waals surface area contributed by atoms with Crippen molar-refractivity contribution in [2.45, 2.75) is 59.4 Å². The Balaban J connectivity index is 3.99. The topological polar surface area (TPSA) is 38.3 Å². The quantitative estimate of drug-likeness (QED) is 0.488. The summed E-state index contributed by atoms with van der Waals surface area (Å²) in [7, 11) is 0. The van der Waals surface area contributed by atoms with Crippen molar-refractivity contribution in [1.82, 2.24) is 5.32 Å². The van der Waals surface area contributed by atoms with Gasteiger partial charge in [-0.1, -0.05) is 40.0 Å². The number of carbonyl (C=O) groups excluding carboxylic acids is 1. The van der Waals surface area contributed by atoms with Crippen LogP contribution >= 0.6 is 0 Å². The van der Waals surface area contributed by atoms with Gasteiger partial charge in [-0.2, -0.15) is 0 Å². The predicted molar refractivity (Wildman–Crippen MR) is 67.4 cm³/mol. The fourth-order valence-electron chi connectivity index (χ4n) is 1.52. The molecule has 0 aliphatic heterocycles. The third kappa shape index (κ3) is 7.69. The van der Waals surface area contributed by atoms with Gasteiger partial charge in [0.05, 0.1) is 6.61 Å². The van der Waals surface area contributed by atoms with Crippen LogP contribution in [0.1, 0.15) is 53.4 Å². The first kappa shape index (κ1) is 15.4. The standard InChI is InChI=1S/C13H27NO2/c1-5-7-8-9-12(13(15)16-6-2)14-10-11(3)4/h11-12,14H,5-10H2,1-4H3. The molecular weight excluding hydrogens is 202 g/mol. The van der Waals surface area contributed by atoms with E-state index in [-0.39, 0.29) is 12.0 Å². The third-order valence-electron chi connectivity index (χ3n) is 2.44. The highest BCUT2D eigenvalue weighted by molar-refractivity contribution is 5.75. The van der Waals surface area contributed by atoms with Crippen molar-refractivity contribution < 1.29 is 9.53 Å². The van der Waals surface area contributed by atoms with Gasteiger partial charge in [-0.3, -0.25) is 4.79 Å². The van der Waals surface area contributed by atoms with E-state index in [4.69, 9.17) is 4.74 Å². The summed E-state index contributed by atoms with van der Waals surface area (Å²) in [5.41, 5.74) is 0. The molecule has 0 aliphatic carbocycles. The van der Waals surface area contributed by atoms with E-state index < -0.39 is 0 Å². The van der Waals surface area contributed by atoms with Crippen LogP contribution in [0.4, 0.5) is 0 Å². The number of nitrogens with one attached hydrogen (secondary N) is 1. The molecule has 1 unspecified atom stereocenters. The van der Waals surface area contributed by atoms with E-state index in [9.17, 15) is 4.79 Å². The lowest BCUT2D eigenvalue weighted by Gasteiger charge is -2.18. The molecule has 0 aromatic heterocycles. The Kier molecular flexibility index (Phi) is 9.30. The summed E-state index contributed by atoms with van der Waals surface area (Å²) in [5.74, 6) is 0.461. The second-order valence-corrected chi connectivity index (χ2v) is 4.60. The number of carbonyl (C=O) groups is 1. The van der Waals surface area contributed by atoms with E-state index >= 15 is 0 Å². The largest absolute Gasteiger partial charge is 0.465 e. The number of rotatable bonds is 9. The third-order valence-corrected chi connectivity index (χ3v) is 2.44. The molecule has 0 fully saturated rings. The van der Waals surface area contributed by atoms with Crippen molar-refractivity contribution in [3.8, 4) is 0 Å². The smallest absolute Gasteiger partial charge is 0.323 e. The number of unbranched alkanes of at least 4 members (excludes halogenated alkanes) is 2. The molecule has 16 heavy (non-hydrogen) atoms. The van der Waals surface area contributed by atoms with Crippen LogP contribution in [0.5, 0.6) is 0 Å². The van der Waals surface area contributed by atoms with Gasteiger partial charge >= 0.3 is 5.97 Å². The summed E-state index contributed by atoms with van der Waals surface area (Å²) < 4.78 is 5.07. The van der Waals surface area contributed by atoms with E-state index in [0.717, 1.165) is 19.4 Å². The Morgan fingerprint density at radius 1 is 1.25 bits per heavy atom. The molecule has 0 radical (unpaired) electrons. The molecule has 0 saturated heterocycles. The fraction of sp³-hybridized carbons (Fsp3) is 0.923. The zero-order chi connectivity index (χ0) is 12.4. The van der Waals surface area contributed by atoms with E-state index in [1.165, 1.54) is 12.8 Å². The highest BCUT2D eigenvalue weighted by Gasteiger charge is 2.18. The number of esters is 1. The minimum Gasteiger partial charge on any atom is -0.465 e. The first-order valence-corrected chi connectivity index (χ1v) is 6.51. The van der Waals surface area contributed by atoms with Gasteiger partial charge in [0.2, 0.25) is 0 Å². The minimum absolute atomic E-state index is 0.0979. The van der Waals surface area contributed by atoms with Crippen molar-refractivity contribution >= 4 is 5.97 Å². The molecule has 0 heterocycles. The highest BCUT2D eigenvalue weighted by atomic mass is 16.5. The number of hydrogen-bond acceptors (Lipinski definition) is 3. The van der Waals surface area contributed by atoms with Gasteiger partial charge in [-0.15, -0.1) is 0 Å². The molecule has 0 bridgehead atoms. The molecule has 3 nitrogen and oxygen atoms in total. The summed E-state index contributed by atoms with van der Waals surface area (Å²) in [6.45, 7) is 9.63. The van der Waals surface area contributed by atoms with Crippen LogP contribution in [0, 0.1) is 5.92 Å². The molecule has 0 aromatic carbocycles. The Hall–Kier alpha value is -0.570. The summed E-state index contributed by atoms with van der Waals surface area (Å²) >= 11 is 0. The molecule has 0 amide bonds. The summed E-state index contributed by atoms with van der Waals surface area (Å²) in [6.07, 6.45) is 4.34. The average molecular weight is 229 g/mol. The first-order chi connectivity index (χ1) is 7.61. The van der Waals surface area contributed by atoms with Gasteiger partial charge in [-0.05, 0) is 25.8 Å². The Labute approximate surface area is 99.9 Å². The van der Waals surface area contributed by atoms with Crippen molar-refractivity contribution in [2.75, 3.05) is 13.2 Å². The molecule has 3 heteroatoms. The highest BCUT2D eigenvalue weighted by Crippen LogP contribution is 2.06.